The van der Waals surface area contributed by atoms with E-state index in [1.54, 1.807) is 24.3 Å². The average molecular weight is 235 g/mol. The number of nitrogens with zero attached hydrogens (tertiary/aromatic N) is 2. The first-order chi connectivity index (χ1) is 7.72. The summed E-state index contributed by atoms with van der Waals surface area (Å²) in [5, 5.41) is 18.6. The number of carbonyl (C=O) groups is 1. The van der Waals surface area contributed by atoms with E-state index in [4.69, 9.17) is 16.9 Å². The third-order valence-electron chi connectivity index (χ3n) is 2.05. The van der Waals surface area contributed by atoms with Crippen LogP contribution in [0.3, 0.4) is 0 Å². The second kappa shape index (κ2) is 4.21. The summed E-state index contributed by atoms with van der Waals surface area (Å²) < 4.78 is 0. The van der Waals surface area contributed by atoms with Crippen molar-refractivity contribution in [3.05, 3.63) is 23.4 Å². The van der Waals surface area contributed by atoms with Crippen molar-refractivity contribution in [1.82, 2.24) is 10.2 Å². The molecule has 0 spiro atoms. The molecule has 1 aromatic heterocycles. The van der Waals surface area contributed by atoms with Crippen molar-refractivity contribution in [3.63, 3.8) is 0 Å². The predicted molar refractivity (Wildman–Crippen MR) is 60.0 cm³/mol. The van der Waals surface area contributed by atoms with E-state index in [0.29, 0.717) is 21.7 Å². The summed E-state index contributed by atoms with van der Waals surface area (Å²) >= 11 is 5.90. The molecule has 2 aromatic rings. The fourth-order valence-electron chi connectivity index (χ4n) is 1.40. The van der Waals surface area contributed by atoms with Gasteiger partial charge in [-0.25, -0.2) is 0 Å². The van der Waals surface area contributed by atoms with E-state index in [0.717, 1.165) is 0 Å². The van der Waals surface area contributed by atoms with Crippen LogP contribution in [0.5, 0.6) is 0 Å². The van der Waals surface area contributed by atoms with Crippen molar-refractivity contribution in [3.8, 4) is 6.07 Å². The van der Waals surface area contributed by atoms with Crippen molar-refractivity contribution in [2.45, 2.75) is 6.42 Å². The predicted octanol–water partition coefficient (Wildman–Crippen LogP) is 2.07. The zero-order chi connectivity index (χ0) is 11.5. The molecule has 0 bridgehead atoms. The van der Waals surface area contributed by atoms with Gasteiger partial charge >= 0.3 is 0 Å². The fourth-order valence-corrected chi connectivity index (χ4v) is 1.64. The molecule has 5 nitrogen and oxygen atoms in total. The summed E-state index contributed by atoms with van der Waals surface area (Å²) in [6.07, 6.45) is -0.189. The van der Waals surface area contributed by atoms with Gasteiger partial charge in [-0.2, -0.15) is 10.4 Å². The van der Waals surface area contributed by atoms with Gasteiger partial charge in [-0.3, -0.25) is 9.89 Å². The largest absolute Gasteiger partial charge is 0.324 e. The van der Waals surface area contributed by atoms with Gasteiger partial charge in [-0.05, 0) is 12.1 Å². The van der Waals surface area contributed by atoms with Crippen LogP contribution in [-0.4, -0.2) is 16.1 Å². The summed E-state index contributed by atoms with van der Waals surface area (Å²) in [5.74, 6) is -0.368. The molecule has 0 saturated carbocycles. The van der Waals surface area contributed by atoms with Gasteiger partial charge in [0, 0.05) is 0 Å². The number of carbonyl (C=O) groups excluding carboxylic acids is 1. The van der Waals surface area contributed by atoms with Crippen LogP contribution in [0.1, 0.15) is 6.42 Å². The first-order valence-electron chi connectivity index (χ1n) is 4.52. The molecule has 0 saturated heterocycles. The van der Waals surface area contributed by atoms with Gasteiger partial charge in [0.2, 0.25) is 5.91 Å². The minimum absolute atomic E-state index is 0.189. The Labute approximate surface area is 96.0 Å². The van der Waals surface area contributed by atoms with E-state index >= 15 is 0 Å². The number of nitriles is 1. The Balaban J connectivity index is 2.41. The molecule has 1 amide bonds. The van der Waals surface area contributed by atoms with E-state index in [-0.39, 0.29) is 12.3 Å². The highest BCUT2D eigenvalue weighted by atomic mass is 35.5. The van der Waals surface area contributed by atoms with Crippen molar-refractivity contribution in [1.29, 1.82) is 5.26 Å². The van der Waals surface area contributed by atoms with E-state index in [1.165, 1.54) is 0 Å². The van der Waals surface area contributed by atoms with Crippen molar-refractivity contribution in [2.75, 3.05) is 5.32 Å². The van der Waals surface area contributed by atoms with Gasteiger partial charge in [-0.1, -0.05) is 17.7 Å². The molecule has 2 rings (SSSR count). The molecule has 2 N–H and O–H groups in total. The maximum atomic E-state index is 11.3. The molecule has 16 heavy (non-hydrogen) atoms. The molecule has 0 fully saturated rings. The maximum absolute atomic E-state index is 11.3. The van der Waals surface area contributed by atoms with E-state index in [9.17, 15) is 4.79 Å². The summed E-state index contributed by atoms with van der Waals surface area (Å²) in [4.78, 5) is 11.3. The van der Waals surface area contributed by atoms with Crippen LogP contribution in [0.25, 0.3) is 10.9 Å². The van der Waals surface area contributed by atoms with E-state index in [1.807, 2.05) is 0 Å². The number of aromatic amines is 1. The lowest BCUT2D eigenvalue weighted by Crippen LogP contribution is -2.10. The number of halogens is 1. The lowest BCUT2D eigenvalue weighted by Gasteiger charge is -2.03. The Morgan fingerprint density at radius 3 is 3.19 bits per heavy atom. The van der Waals surface area contributed by atoms with Crippen LogP contribution in [0.15, 0.2) is 18.2 Å². The molecular weight excluding hydrogens is 228 g/mol. The van der Waals surface area contributed by atoms with Crippen molar-refractivity contribution in [2.24, 2.45) is 0 Å². The number of rotatable bonds is 2. The molecule has 1 heterocycles. The molecule has 0 atom stereocenters. The molecule has 0 aliphatic carbocycles. The monoisotopic (exact) mass is 234 g/mol. The van der Waals surface area contributed by atoms with Gasteiger partial charge in [0.15, 0.2) is 0 Å². The molecule has 80 valence electrons. The minimum atomic E-state index is -0.368. The number of nitrogens with one attached hydrogen (secondary N) is 2. The number of anilines is 1. The molecule has 6 heteroatoms. The number of benzene rings is 1. The molecular formula is C10H7ClN4O. The summed E-state index contributed by atoms with van der Waals surface area (Å²) in [7, 11) is 0. The highest BCUT2D eigenvalue weighted by Crippen LogP contribution is 2.28. The third kappa shape index (κ3) is 1.83. The van der Waals surface area contributed by atoms with Crippen LogP contribution in [0.4, 0.5) is 5.69 Å². The van der Waals surface area contributed by atoms with Crippen LogP contribution >= 0.6 is 11.6 Å². The van der Waals surface area contributed by atoms with Gasteiger partial charge in [-0.15, -0.1) is 0 Å². The normalized spacial score (nSPS) is 10.0. The second-order valence-electron chi connectivity index (χ2n) is 3.12. The SMILES string of the molecule is N#CCC(=O)Nc1cccc2n[nH]c(Cl)c12. The molecule has 0 aliphatic rings. The molecule has 0 radical (unpaired) electrons. The molecule has 0 aliphatic heterocycles. The zero-order valence-electron chi connectivity index (χ0n) is 8.12. The number of hydrogen-bond donors (Lipinski definition) is 2. The number of aromatic nitrogens is 2. The highest BCUT2D eigenvalue weighted by Gasteiger charge is 2.10. The van der Waals surface area contributed by atoms with Gasteiger partial charge < -0.3 is 5.32 Å². The molecule has 0 unspecified atom stereocenters. The van der Waals surface area contributed by atoms with Crippen molar-refractivity contribution >= 4 is 34.1 Å². The van der Waals surface area contributed by atoms with Gasteiger partial charge in [0.05, 0.1) is 22.7 Å². The Kier molecular flexibility index (Phi) is 2.75. The summed E-state index contributed by atoms with van der Waals surface area (Å²) in [6.45, 7) is 0. The lowest BCUT2D eigenvalue weighted by atomic mass is 10.2. The third-order valence-corrected chi connectivity index (χ3v) is 2.32. The Morgan fingerprint density at radius 1 is 1.62 bits per heavy atom. The van der Waals surface area contributed by atoms with Crippen molar-refractivity contribution < 1.29 is 4.79 Å². The number of fused-ring (bicyclic) bond motifs is 1. The lowest BCUT2D eigenvalue weighted by molar-refractivity contribution is -0.115. The number of hydrogen-bond acceptors (Lipinski definition) is 3. The van der Waals surface area contributed by atoms with Gasteiger partial charge in [0.1, 0.15) is 11.6 Å². The second-order valence-corrected chi connectivity index (χ2v) is 3.50. The fraction of sp³-hybridized carbons (Fsp3) is 0.100. The Morgan fingerprint density at radius 2 is 2.44 bits per heavy atom. The van der Waals surface area contributed by atoms with Crippen LogP contribution in [-0.2, 0) is 4.79 Å². The maximum Gasteiger partial charge on any atom is 0.238 e. The zero-order valence-corrected chi connectivity index (χ0v) is 8.88. The van der Waals surface area contributed by atoms with Crippen LogP contribution in [0.2, 0.25) is 5.15 Å². The highest BCUT2D eigenvalue weighted by molar-refractivity contribution is 6.35. The number of amides is 1. The standard InChI is InChI=1S/C10H7ClN4O/c11-10-9-6(13-8(16)4-5-12)2-1-3-7(9)14-15-10/h1-3H,4H2,(H,13,16)(H,14,15). The van der Waals surface area contributed by atoms with Crippen LogP contribution in [0, 0.1) is 11.3 Å². The van der Waals surface area contributed by atoms with E-state index in [2.05, 4.69) is 15.5 Å². The molecule has 1 aromatic carbocycles. The van der Waals surface area contributed by atoms with Crippen LogP contribution < -0.4 is 5.32 Å². The first-order valence-corrected chi connectivity index (χ1v) is 4.89. The summed E-state index contributed by atoms with van der Waals surface area (Å²) in [5.41, 5.74) is 1.22. The Bertz CT molecular complexity index is 584. The average Bonchev–Trinajstić information content (AvgIpc) is 2.62. The Hall–Kier alpha value is -2.06. The van der Waals surface area contributed by atoms with Gasteiger partial charge in [0.25, 0.3) is 0 Å². The quantitative estimate of drug-likeness (QED) is 0.835. The number of H-pyrrole nitrogens is 1. The smallest absolute Gasteiger partial charge is 0.238 e. The van der Waals surface area contributed by atoms with E-state index < -0.39 is 0 Å². The summed E-state index contributed by atoms with van der Waals surface area (Å²) in [6, 6.07) is 7.01. The topological polar surface area (TPSA) is 81.6 Å². The first kappa shape index (κ1) is 10.5. The minimum Gasteiger partial charge on any atom is -0.324 e.